The molecule has 0 unspecified atom stereocenters. The first kappa shape index (κ1) is 8.75. The van der Waals surface area contributed by atoms with E-state index >= 15 is 0 Å². The van der Waals surface area contributed by atoms with Crippen molar-refractivity contribution in [1.82, 2.24) is 0 Å². The second-order valence-electron chi connectivity index (χ2n) is 0.890. The van der Waals surface area contributed by atoms with Crippen LogP contribution in [0.5, 0.6) is 0 Å². The van der Waals surface area contributed by atoms with Crippen molar-refractivity contribution in [2.75, 3.05) is 0 Å². The minimum absolute atomic E-state index is 2.05. The molecule has 0 aromatic rings. The zero-order valence-corrected chi connectivity index (χ0v) is 5.78. The lowest BCUT2D eigenvalue weighted by molar-refractivity contribution is -0.237. The van der Waals surface area contributed by atoms with Crippen LogP contribution in [0.1, 0.15) is 0 Å². The molecule has 2 N–H and O–H groups in total. The zero-order valence-electron chi connectivity index (χ0n) is 3.51. The van der Waals surface area contributed by atoms with Gasteiger partial charge in [-0.05, 0) is 0 Å². The largest absolute Gasteiger partial charge is 0.346 e. The van der Waals surface area contributed by atoms with E-state index in [1.165, 1.54) is 0 Å². The second kappa shape index (κ2) is 3.06. The zero-order chi connectivity index (χ0) is 6.78. The van der Waals surface area contributed by atoms with E-state index in [2.05, 4.69) is 4.74 Å². The Bertz CT molecular complexity index is 67.4. The van der Waals surface area contributed by atoms with Gasteiger partial charge in [-0.2, -0.15) is 0 Å². The van der Waals surface area contributed by atoms with Gasteiger partial charge in [0.1, 0.15) is 0 Å². The molecule has 0 bridgehead atoms. The maximum atomic E-state index is 7.97. The molecule has 0 saturated carbocycles. The number of alkyl halides is 3. The maximum Gasteiger partial charge on any atom is 0.301 e. The molecule has 0 aromatic carbocycles. The molecule has 0 aliphatic carbocycles. The highest BCUT2D eigenvalue weighted by Gasteiger charge is 2.23. The summed E-state index contributed by atoms with van der Waals surface area (Å²) < 4.78 is 1.78. The summed E-state index contributed by atoms with van der Waals surface area (Å²) in [4.78, 5) is 0. The number of ether oxygens (including phenoxy) is 1. The van der Waals surface area contributed by atoms with Crippen LogP contribution in [0.4, 0.5) is 0 Å². The van der Waals surface area contributed by atoms with Crippen molar-refractivity contribution in [2.45, 2.75) is 10.5 Å². The summed E-state index contributed by atoms with van der Waals surface area (Å²) in [5, 5.41) is 15.9. The van der Waals surface area contributed by atoms with Crippen LogP contribution in [-0.2, 0) is 4.74 Å². The summed E-state index contributed by atoms with van der Waals surface area (Å²) in [5.41, 5.74) is 0. The van der Waals surface area contributed by atoms with Crippen LogP contribution in [0.15, 0.2) is 0 Å². The Morgan fingerprint density at radius 2 is 1.62 bits per heavy atom. The van der Waals surface area contributed by atoms with Gasteiger partial charge in [-0.15, -0.1) is 0 Å². The van der Waals surface area contributed by atoms with Crippen molar-refractivity contribution >= 4 is 34.8 Å². The third-order valence-electron chi connectivity index (χ3n) is 0.239. The first-order valence-electron chi connectivity index (χ1n) is 1.52. The summed E-state index contributed by atoms with van der Waals surface area (Å²) >= 11 is 14.8. The molecule has 8 heavy (non-hydrogen) atoms. The van der Waals surface area contributed by atoms with Crippen LogP contribution in [0.3, 0.4) is 0 Å². The van der Waals surface area contributed by atoms with Crippen molar-refractivity contribution in [3.63, 3.8) is 0 Å². The first-order chi connectivity index (χ1) is 3.42. The summed E-state index contributed by atoms with van der Waals surface area (Å²) in [6.45, 7) is -2.05. The Kier molecular flexibility index (Phi) is 3.34. The normalized spacial score (nSPS) is 12.8. The molecule has 0 radical (unpaired) electrons. The SMILES string of the molecule is OC(O)OC(Cl)(Cl)Cl. The molecule has 0 spiro atoms. The standard InChI is InChI=1S/C2H3Cl3O3/c3-2(4,5)8-1(6)7/h1,6-7H. The smallest absolute Gasteiger partial charge is 0.301 e. The highest BCUT2D eigenvalue weighted by atomic mass is 35.6. The molecule has 6 heteroatoms. The quantitative estimate of drug-likeness (QED) is 0.460. The number of aliphatic hydroxyl groups is 2. The summed E-state index contributed by atoms with van der Waals surface area (Å²) in [5.74, 6) is 0. The van der Waals surface area contributed by atoms with E-state index < -0.39 is 10.5 Å². The van der Waals surface area contributed by atoms with Crippen molar-refractivity contribution < 1.29 is 14.9 Å². The molecule has 0 saturated heterocycles. The average molecular weight is 181 g/mol. The Labute approximate surface area is 60.7 Å². The molecule has 0 aromatic heterocycles. The maximum absolute atomic E-state index is 7.97. The van der Waals surface area contributed by atoms with Gasteiger partial charge in [0, 0.05) is 0 Å². The minimum atomic E-state index is -2.06. The molecule has 3 nitrogen and oxygen atoms in total. The molecule has 0 amide bonds. The predicted octanol–water partition coefficient (Wildman–Crippen LogP) is 0.599. The monoisotopic (exact) mass is 180 g/mol. The van der Waals surface area contributed by atoms with E-state index in [1.807, 2.05) is 0 Å². The van der Waals surface area contributed by atoms with E-state index in [-0.39, 0.29) is 0 Å². The molecule has 0 aliphatic rings. The van der Waals surface area contributed by atoms with Gasteiger partial charge in [-0.1, -0.05) is 34.8 Å². The fraction of sp³-hybridized carbons (Fsp3) is 1.00. The Morgan fingerprint density at radius 3 is 1.62 bits per heavy atom. The molecule has 0 atom stereocenters. The first-order valence-corrected chi connectivity index (χ1v) is 2.66. The summed E-state index contributed by atoms with van der Waals surface area (Å²) in [6.07, 6.45) is 0. The van der Waals surface area contributed by atoms with Crippen LogP contribution in [0.2, 0.25) is 0 Å². The third-order valence-corrected chi connectivity index (χ3v) is 0.506. The topological polar surface area (TPSA) is 49.7 Å². The van der Waals surface area contributed by atoms with Gasteiger partial charge in [0.05, 0.1) is 0 Å². The van der Waals surface area contributed by atoms with Crippen LogP contribution >= 0.6 is 34.8 Å². The lowest BCUT2D eigenvalue weighted by Crippen LogP contribution is -2.19. The van der Waals surface area contributed by atoms with Gasteiger partial charge in [0.2, 0.25) is 0 Å². The minimum Gasteiger partial charge on any atom is -0.346 e. The molecular weight excluding hydrogens is 178 g/mol. The second-order valence-corrected chi connectivity index (χ2v) is 3.07. The highest BCUT2D eigenvalue weighted by molar-refractivity contribution is 6.66. The van der Waals surface area contributed by atoms with E-state index in [4.69, 9.17) is 45.0 Å². The number of aliphatic hydroxyl groups excluding tert-OH is 1. The summed E-state index contributed by atoms with van der Waals surface area (Å²) in [7, 11) is 0. The van der Waals surface area contributed by atoms with Crippen LogP contribution in [-0.4, -0.2) is 20.7 Å². The van der Waals surface area contributed by atoms with E-state index in [9.17, 15) is 0 Å². The van der Waals surface area contributed by atoms with Crippen molar-refractivity contribution in [3.05, 3.63) is 0 Å². The summed E-state index contributed by atoms with van der Waals surface area (Å²) in [6, 6.07) is 0. The lowest BCUT2D eigenvalue weighted by Gasteiger charge is -2.11. The molecule has 0 heterocycles. The molecule has 0 aliphatic heterocycles. The number of halogens is 3. The number of hydrogen-bond donors (Lipinski definition) is 2. The van der Waals surface area contributed by atoms with Crippen LogP contribution in [0, 0.1) is 0 Å². The van der Waals surface area contributed by atoms with Crippen LogP contribution in [0.25, 0.3) is 0 Å². The average Bonchev–Trinajstić information content (AvgIpc) is 1.21. The predicted molar refractivity (Wildman–Crippen MR) is 29.6 cm³/mol. The van der Waals surface area contributed by atoms with Gasteiger partial charge in [-0.25, -0.2) is 0 Å². The van der Waals surface area contributed by atoms with Gasteiger partial charge < -0.3 is 10.2 Å². The van der Waals surface area contributed by atoms with Gasteiger partial charge in [0.15, 0.2) is 0 Å². The Hall–Kier alpha value is 0.750. The third kappa shape index (κ3) is 6.75. The highest BCUT2D eigenvalue weighted by Crippen LogP contribution is 2.27. The van der Waals surface area contributed by atoms with Crippen LogP contribution < -0.4 is 0 Å². The fourth-order valence-corrected chi connectivity index (χ4v) is 0.359. The molecular formula is C2H3Cl3O3. The molecule has 0 rings (SSSR count). The van der Waals surface area contributed by atoms with Crippen molar-refractivity contribution in [1.29, 1.82) is 0 Å². The van der Waals surface area contributed by atoms with Gasteiger partial charge in [0.25, 0.3) is 6.48 Å². The number of rotatable bonds is 1. The van der Waals surface area contributed by atoms with Gasteiger partial charge in [-0.3, -0.25) is 4.74 Å². The van der Waals surface area contributed by atoms with E-state index in [1.54, 1.807) is 0 Å². The van der Waals surface area contributed by atoms with E-state index in [0.717, 1.165) is 0 Å². The Morgan fingerprint density at radius 1 is 1.25 bits per heavy atom. The number of hydrogen-bond acceptors (Lipinski definition) is 3. The molecule has 50 valence electrons. The fourth-order valence-electron chi connectivity index (χ4n) is 0.120. The lowest BCUT2D eigenvalue weighted by atomic mass is 11.3. The Balaban J connectivity index is 3.39. The van der Waals surface area contributed by atoms with Crippen molar-refractivity contribution in [3.8, 4) is 0 Å². The van der Waals surface area contributed by atoms with Crippen molar-refractivity contribution in [2.24, 2.45) is 0 Å². The molecule has 0 fully saturated rings. The van der Waals surface area contributed by atoms with Gasteiger partial charge >= 0.3 is 3.98 Å². The van der Waals surface area contributed by atoms with E-state index in [0.29, 0.717) is 0 Å².